The number of fused-ring (bicyclic) bond motifs is 1. The largest absolute Gasteiger partial charge is 0.481 e. The molecule has 0 aliphatic carbocycles. The van der Waals surface area contributed by atoms with Gasteiger partial charge in [0.2, 0.25) is 10.0 Å². The second kappa shape index (κ2) is 11.2. The van der Waals surface area contributed by atoms with Crippen molar-refractivity contribution in [1.82, 2.24) is 4.31 Å². The van der Waals surface area contributed by atoms with Crippen LogP contribution in [0.15, 0.2) is 89.8 Å². The first-order chi connectivity index (χ1) is 16.9. The van der Waals surface area contributed by atoms with Crippen molar-refractivity contribution in [2.45, 2.75) is 29.2 Å². The Bertz CT molecular complexity index is 1210. The van der Waals surface area contributed by atoms with Gasteiger partial charge in [-0.2, -0.15) is 4.31 Å². The molecule has 0 unspecified atom stereocenters. The van der Waals surface area contributed by atoms with Gasteiger partial charge in [-0.15, -0.1) is 11.8 Å². The highest BCUT2D eigenvalue weighted by molar-refractivity contribution is 8.00. The second-order valence-electron chi connectivity index (χ2n) is 8.35. The Morgan fingerprint density at radius 2 is 1.43 bits per heavy atom. The van der Waals surface area contributed by atoms with Gasteiger partial charge in [0.25, 0.3) is 0 Å². The Morgan fingerprint density at radius 3 is 2.03 bits per heavy atom. The monoisotopic (exact) mass is 511 g/mol. The maximum absolute atomic E-state index is 13.4. The summed E-state index contributed by atoms with van der Waals surface area (Å²) in [5.41, 5.74) is 2.79. The normalized spacial score (nSPS) is 14.2. The van der Waals surface area contributed by atoms with Gasteiger partial charge in [-0.3, -0.25) is 4.79 Å². The zero-order valence-electron chi connectivity index (χ0n) is 19.3. The Balaban J connectivity index is 1.43. The molecule has 184 valence electrons. The van der Waals surface area contributed by atoms with Crippen LogP contribution in [0.2, 0.25) is 0 Å². The molecule has 3 aromatic carbocycles. The highest BCUT2D eigenvalue weighted by atomic mass is 32.2. The van der Waals surface area contributed by atoms with E-state index < -0.39 is 21.0 Å². The topological polar surface area (TPSA) is 98.7 Å². The third-order valence-corrected chi connectivity index (χ3v) is 9.02. The minimum Gasteiger partial charge on any atom is -0.481 e. The van der Waals surface area contributed by atoms with E-state index in [-0.39, 0.29) is 11.3 Å². The molecule has 0 atom stereocenters. The van der Waals surface area contributed by atoms with Gasteiger partial charge in [-0.05, 0) is 48.4 Å². The number of aliphatic carboxylic acids is 1. The van der Waals surface area contributed by atoms with E-state index in [1.807, 2.05) is 54.6 Å². The van der Waals surface area contributed by atoms with Gasteiger partial charge in [-0.25, -0.2) is 8.42 Å². The summed E-state index contributed by atoms with van der Waals surface area (Å²) in [5.74, 6) is -0.339. The zero-order valence-corrected chi connectivity index (χ0v) is 20.9. The molecular formula is C26H29N3O4S2. The van der Waals surface area contributed by atoms with E-state index in [2.05, 4.69) is 10.6 Å². The number of benzene rings is 3. The number of nitrogens with zero attached hydrogens (tertiary/aromatic N) is 1. The van der Waals surface area contributed by atoms with Crippen LogP contribution in [-0.2, 0) is 21.2 Å². The van der Waals surface area contributed by atoms with Crippen molar-refractivity contribution < 1.29 is 18.3 Å². The summed E-state index contributed by atoms with van der Waals surface area (Å²) in [6.07, 6.45) is 1.07. The maximum Gasteiger partial charge on any atom is 0.308 e. The van der Waals surface area contributed by atoms with Crippen LogP contribution in [0, 0.1) is 0 Å². The van der Waals surface area contributed by atoms with E-state index in [1.165, 1.54) is 16.1 Å². The number of nitrogens with one attached hydrogen (secondary N) is 2. The molecule has 0 spiro atoms. The third-order valence-electron chi connectivity index (χ3n) is 5.77. The van der Waals surface area contributed by atoms with Crippen LogP contribution in [0.3, 0.4) is 0 Å². The van der Waals surface area contributed by atoms with Crippen molar-refractivity contribution in [2.75, 3.05) is 29.5 Å². The first kappa shape index (κ1) is 25.1. The molecule has 0 saturated heterocycles. The molecule has 3 N–H and O–H groups in total. The van der Waals surface area contributed by atoms with Gasteiger partial charge in [0.1, 0.15) is 0 Å². The van der Waals surface area contributed by atoms with Crippen LogP contribution in [0.4, 0.5) is 11.4 Å². The number of sulfonamides is 1. The van der Waals surface area contributed by atoms with Gasteiger partial charge in [0, 0.05) is 13.1 Å². The van der Waals surface area contributed by atoms with E-state index in [0.29, 0.717) is 31.7 Å². The summed E-state index contributed by atoms with van der Waals surface area (Å²) in [4.78, 5) is 11.0. The lowest BCUT2D eigenvalue weighted by molar-refractivity contribution is -0.137. The predicted octanol–water partition coefficient (Wildman–Crippen LogP) is 4.71. The standard InChI is InChI=1S/C26H29N3O4S2/c30-25(31)20-26(27-23-14-7-8-15-24(23)28-26)34-19-9-17-29(18-16-21-10-3-1-4-11-21)35(32,33)22-12-5-2-6-13-22/h1-8,10-15,27-28H,9,16-20H2,(H,30,31). The zero-order chi connectivity index (χ0) is 24.7. The van der Waals surface area contributed by atoms with Crippen LogP contribution in [0.5, 0.6) is 0 Å². The van der Waals surface area contributed by atoms with Crippen LogP contribution in [0.1, 0.15) is 18.4 Å². The molecule has 3 aromatic rings. The number of carboxylic acids is 1. The van der Waals surface area contributed by atoms with Gasteiger partial charge >= 0.3 is 5.97 Å². The number of carboxylic acid groups (broad SMARTS) is 1. The fraction of sp³-hybridized carbons (Fsp3) is 0.269. The number of thioether (sulfide) groups is 1. The quantitative estimate of drug-likeness (QED) is 0.303. The lowest BCUT2D eigenvalue weighted by atomic mass is 10.1. The van der Waals surface area contributed by atoms with E-state index in [4.69, 9.17) is 0 Å². The third kappa shape index (κ3) is 6.36. The molecule has 1 aliphatic rings. The van der Waals surface area contributed by atoms with Crippen molar-refractivity contribution in [1.29, 1.82) is 0 Å². The number of hydrogen-bond donors (Lipinski definition) is 3. The molecule has 4 rings (SSSR count). The summed E-state index contributed by atoms with van der Waals surface area (Å²) >= 11 is 1.45. The molecule has 0 amide bonds. The van der Waals surface area contributed by atoms with Crippen molar-refractivity contribution in [3.05, 3.63) is 90.5 Å². The highest BCUT2D eigenvalue weighted by Gasteiger charge is 2.38. The van der Waals surface area contributed by atoms with Crippen LogP contribution in [0.25, 0.3) is 0 Å². The summed E-state index contributed by atoms with van der Waals surface area (Å²) in [6.45, 7) is 0.710. The smallest absolute Gasteiger partial charge is 0.308 e. The number of carbonyl (C=O) groups is 1. The average molecular weight is 512 g/mol. The molecule has 0 fully saturated rings. The van der Waals surface area contributed by atoms with Gasteiger partial charge in [0.15, 0.2) is 4.99 Å². The number of rotatable bonds is 12. The summed E-state index contributed by atoms with van der Waals surface area (Å²) in [6, 6.07) is 25.9. The van der Waals surface area contributed by atoms with Crippen molar-refractivity contribution in [2.24, 2.45) is 0 Å². The first-order valence-corrected chi connectivity index (χ1v) is 13.9. The molecule has 1 aliphatic heterocycles. The molecule has 35 heavy (non-hydrogen) atoms. The molecule has 7 nitrogen and oxygen atoms in total. The predicted molar refractivity (Wildman–Crippen MR) is 141 cm³/mol. The summed E-state index contributed by atoms with van der Waals surface area (Å²) in [7, 11) is -3.65. The SMILES string of the molecule is O=C(O)CC1(SCCCN(CCc2ccccc2)S(=O)(=O)c2ccccc2)Nc2ccccc2N1. The second-order valence-corrected chi connectivity index (χ2v) is 11.7. The Hall–Kier alpha value is -3.01. The minimum absolute atomic E-state index is 0.119. The van der Waals surface area contributed by atoms with E-state index in [1.54, 1.807) is 30.3 Å². The average Bonchev–Trinajstić information content (AvgIpc) is 3.22. The molecule has 1 heterocycles. The van der Waals surface area contributed by atoms with E-state index in [9.17, 15) is 18.3 Å². The van der Waals surface area contributed by atoms with Gasteiger partial charge < -0.3 is 15.7 Å². The van der Waals surface area contributed by atoms with Crippen LogP contribution in [-0.4, -0.2) is 47.6 Å². The van der Waals surface area contributed by atoms with E-state index >= 15 is 0 Å². The molecule has 9 heteroatoms. The van der Waals surface area contributed by atoms with Crippen LogP contribution >= 0.6 is 11.8 Å². The fourth-order valence-electron chi connectivity index (χ4n) is 4.07. The Morgan fingerprint density at radius 1 is 0.857 bits per heavy atom. The van der Waals surface area contributed by atoms with Crippen molar-refractivity contribution >= 4 is 39.1 Å². The highest BCUT2D eigenvalue weighted by Crippen LogP contribution is 2.41. The van der Waals surface area contributed by atoms with Gasteiger partial charge in [0.05, 0.1) is 22.7 Å². The minimum atomic E-state index is -3.65. The molecule has 0 saturated carbocycles. The van der Waals surface area contributed by atoms with Crippen molar-refractivity contribution in [3.8, 4) is 0 Å². The van der Waals surface area contributed by atoms with Gasteiger partial charge in [-0.1, -0.05) is 60.7 Å². The van der Waals surface area contributed by atoms with Crippen molar-refractivity contribution in [3.63, 3.8) is 0 Å². The number of anilines is 2. The lowest BCUT2D eigenvalue weighted by Gasteiger charge is -2.29. The lowest BCUT2D eigenvalue weighted by Crippen LogP contribution is -2.41. The Labute approximate surface area is 210 Å². The number of para-hydroxylation sites is 2. The maximum atomic E-state index is 13.4. The molecule has 0 radical (unpaired) electrons. The summed E-state index contributed by atoms with van der Waals surface area (Å²) < 4.78 is 28.3. The molecule has 0 aromatic heterocycles. The molecule has 0 bridgehead atoms. The fourth-order valence-corrected chi connectivity index (χ4v) is 6.78. The molecular weight excluding hydrogens is 482 g/mol. The Kier molecular flexibility index (Phi) is 8.00. The summed E-state index contributed by atoms with van der Waals surface area (Å²) in [5, 5.41) is 16.1. The first-order valence-electron chi connectivity index (χ1n) is 11.5. The van der Waals surface area contributed by atoms with Crippen LogP contribution < -0.4 is 10.6 Å². The number of hydrogen-bond acceptors (Lipinski definition) is 6. The van der Waals surface area contributed by atoms with E-state index in [0.717, 1.165) is 16.9 Å².